The van der Waals surface area contributed by atoms with Gasteiger partial charge in [0.05, 0.1) is 24.1 Å². The molecule has 5 nitrogen and oxygen atoms in total. The first kappa shape index (κ1) is 13.4. The normalized spacial score (nSPS) is 18.9. The van der Waals surface area contributed by atoms with Crippen molar-refractivity contribution in [2.24, 2.45) is 23.2 Å². The lowest BCUT2D eigenvalue weighted by Crippen LogP contribution is -2.23. The number of aromatic nitrogens is 1. The molecule has 0 radical (unpaired) electrons. The zero-order chi connectivity index (χ0) is 13.8. The van der Waals surface area contributed by atoms with E-state index in [4.69, 9.17) is 0 Å². The molecule has 0 bridgehead atoms. The molecule has 1 aliphatic rings. The molecule has 1 heterocycles. The van der Waals surface area contributed by atoms with E-state index in [9.17, 15) is 5.26 Å². The van der Waals surface area contributed by atoms with Crippen molar-refractivity contribution in [3.05, 3.63) is 35.1 Å². The van der Waals surface area contributed by atoms with E-state index in [2.05, 4.69) is 16.3 Å². The van der Waals surface area contributed by atoms with E-state index in [1.165, 1.54) is 11.3 Å². The Bertz CT molecular complexity index is 588. The Balaban J connectivity index is 2.22. The van der Waals surface area contributed by atoms with Crippen LogP contribution < -0.4 is 4.57 Å². The van der Waals surface area contributed by atoms with Crippen LogP contribution in [0.4, 0.5) is 5.13 Å². The summed E-state index contributed by atoms with van der Waals surface area (Å²) < 4.78 is 1.90. The van der Waals surface area contributed by atoms with Crippen molar-refractivity contribution < 1.29 is 4.57 Å². The number of azo groups is 1. The smallest absolute Gasteiger partial charge is 0.381 e. The molecule has 0 amide bonds. The molecule has 1 unspecified atom stereocenters. The van der Waals surface area contributed by atoms with Crippen molar-refractivity contribution in [2.75, 3.05) is 14.1 Å². The maximum Gasteiger partial charge on any atom is 0.408 e. The van der Waals surface area contributed by atoms with Crippen LogP contribution in [0, 0.1) is 17.2 Å². The summed E-state index contributed by atoms with van der Waals surface area (Å²) in [7, 11) is 5.88. The number of nitriles is 1. The minimum absolute atomic E-state index is 0.226. The monoisotopic (exact) mass is 274 g/mol. The highest BCUT2D eigenvalue weighted by atomic mass is 32.1. The average molecular weight is 274 g/mol. The molecule has 6 heteroatoms. The average Bonchev–Trinajstić information content (AvgIpc) is 2.81. The highest BCUT2D eigenvalue weighted by molar-refractivity contribution is 7.12. The fraction of sp³-hybridized carbons (Fsp3) is 0.385. The van der Waals surface area contributed by atoms with E-state index in [0.29, 0.717) is 6.42 Å². The first-order chi connectivity index (χ1) is 9.11. The molecule has 0 N–H and O–H groups in total. The molecule has 2 rings (SSSR count). The summed E-state index contributed by atoms with van der Waals surface area (Å²) in [4.78, 5) is 2.02. The molecule has 1 aromatic rings. The summed E-state index contributed by atoms with van der Waals surface area (Å²) in [6.07, 6.45) is 6.49. The molecule has 1 aromatic heterocycles. The summed E-state index contributed by atoms with van der Waals surface area (Å²) >= 11 is 1.52. The second kappa shape index (κ2) is 5.76. The second-order valence-electron chi connectivity index (χ2n) is 4.53. The molecule has 0 saturated heterocycles. The highest BCUT2D eigenvalue weighted by Gasteiger charge is 2.22. The maximum absolute atomic E-state index is 9.23. The fourth-order valence-electron chi connectivity index (χ4n) is 1.75. The lowest BCUT2D eigenvalue weighted by atomic mass is 9.96. The summed E-state index contributed by atoms with van der Waals surface area (Å²) in [5.41, 5.74) is 1.86. The van der Waals surface area contributed by atoms with E-state index in [-0.39, 0.29) is 5.92 Å². The van der Waals surface area contributed by atoms with Crippen molar-refractivity contribution in [1.29, 1.82) is 5.26 Å². The van der Waals surface area contributed by atoms with Crippen LogP contribution in [0.3, 0.4) is 0 Å². The standard InChI is InChI=1S/C13H16N5S/c1-17(2)11-4-5-12(10(8-11)9-14)15-16-13-18(3)6-7-19-13/h4-7,10H,8H2,1-3H3/q+1. The summed E-state index contributed by atoms with van der Waals surface area (Å²) in [6, 6.07) is 2.29. The van der Waals surface area contributed by atoms with Crippen LogP contribution in [0.25, 0.3) is 0 Å². The lowest BCUT2D eigenvalue weighted by Gasteiger charge is -2.21. The molecule has 0 spiro atoms. The van der Waals surface area contributed by atoms with Crippen LogP contribution in [0.15, 0.2) is 45.4 Å². The number of thiazole rings is 1. The number of aryl methyl sites for hydroxylation is 1. The Morgan fingerprint density at radius 3 is 2.79 bits per heavy atom. The van der Waals surface area contributed by atoms with E-state index in [1.54, 1.807) is 0 Å². The summed E-state index contributed by atoms with van der Waals surface area (Å²) in [5.74, 6) is -0.226. The third kappa shape index (κ3) is 3.06. The van der Waals surface area contributed by atoms with E-state index < -0.39 is 0 Å². The fourth-order valence-corrected chi connectivity index (χ4v) is 2.43. The molecule has 1 atom stereocenters. The predicted molar refractivity (Wildman–Crippen MR) is 73.6 cm³/mol. The van der Waals surface area contributed by atoms with Crippen LogP contribution in [0.1, 0.15) is 6.42 Å². The summed E-state index contributed by atoms with van der Waals surface area (Å²) in [6.45, 7) is 0. The lowest BCUT2D eigenvalue weighted by molar-refractivity contribution is -0.654. The van der Waals surface area contributed by atoms with Crippen molar-refractivity contribution in [3.8, 4) is 6.07 Å². The summed E-state index contributed by atoms with van der Waals surface area (Å²) in [5, 5.41) is 20.4. The zero-order valence-corrected chi connectivity index (χ0v) is 12.1. The van der Waals surface area contributed by atoms with Gasteiger partial charge in [0.25, 0.3) is 0 Å². The third-order valence-electron chi connectivity index (χ3n) is 2.96. The van der Waals surface area contributed by atoms with Gasteiger partial charge in [-0.05, 0) is 28.6 Å². The van der Waals surface area contributed by atoms with Crippen LogP contribution >= 0.6 is 11.3 Å². The van der Waals surface area contributed by atoms with Gasteiger partial charge in [0, 0.05) is 31.6 Å². The Kier molecular flexibility index (Phi) is 4.07. The highest BCUT2D eigenvalue weighted by Crippen LogP contribution is 2.27. The van der Waals surface area contributed by atoms with Crippen molar-refractivity contribution in [1.82, 2.24) is 4.90 Å². The van der Waals surface area contributed by atoms with Crippen LogP contribution in [0.2, 0.25) is 0 Å². The topological polar surface area (TPSA) is 55.6 Å². The zero-order valence-electron chi connectivity index (χ0n) is 11.2. The second-order valence-corrected chi connectivity index (χ2v) is 5.40. The number of allylic oxidation sites excluding steroid dienone is 4. The third-order valence-corrected chi connectivity index (χ3v) is 3.80. The van der Waals surface area contributed by atoms with Gasteiger partial charge in [-0.3, -0.25) is 0 Å². The van der Waals surface area contributed by atoms with Gasteiger partial charge in [-0.15, -0.1) is 0 Å². The van der Waals surface area contributed by atoms with Gasteiger partial charge in [0.2, 0.25) is 0 Å². The predicted octanol–water partition coefficient (Wildman–Crippen LogP) is 2.53. The van der Waals surface area contributed by atoms with Crippen molar-refractivity contribution in [3.63, 3.8) is 0 Å². The SMILES string of the molecule is CN(C)C1=CC=C(N=Nc2scc[n+]2C)C(C#N)C1. The molecule has 0 aromatic carbocycles. The molecule has 1 aliphatic carbocycles. The van der Waals surface area contributed by atoms with Gasteiger partial charge in [-0.1, -0.05) is 0 Å². The van der Waals surface area contributed by atoms with Crippen LogP contribution in [-0.2, 0) is 7.05 Å². The first-order valence-electron chi connectivity index (χ1n) is 5.94. The Hall–Kier alpha value is -2.00. The van der Waals surface area contributed by atoms with Gasteiger partial charge < -0.3 is 4.90 Å². The van der Waals surface area contributed by atoms with E-state index in [1.807, 2.05) is 54.3 Å². The van der Waals surface area contributed by atoms with Crippen LogP contribution in [0.5, 0.6) is 0 Å². The van der Waals surface area contributed by atoms with Gasteiger partial charge in [-0.25, -0.2) is 4.57 Å². The number of hydrogen-bond donors (Lipinski definition) is 0. The van der Waals surface area contributed by atoms with Crippen LogP contribution in [-0.4, -0.2) is 19.0 Å². The van der Waals surface area contributed by atoms with Gasteiger partial charge in [0.15, 0.2) is 0 Å². The number of nitrogens with zero attached hydrogens (tertiary/aromatic N) is 5. The van der Waals surface area contributed by atoms with Gasteiger partial charge >= 0.3 is 5.13 Å². The first-order valence-corrected chi connectivity index (χ1v) is 6.82. The minimum atomic E-state index is -0.226. The molecule has 0 saturated carbocycles. The maximum atomic E-state index is 9.23. The molecule has 98 valence electrons. The molecular weight excluding hydrogens is 258 g/mol. The van der Waals surface area contributed by atoms with Crippen molar-refractivity contribution >= 4 is 16.5 Å². The molecule has 0 fully saturated rings. The number of hydrogen-bond acceptors (Lipinski definition) is 5. The Morgan fingerprint density at radius 1 is 1.42 bits per heavy atom. The van der Waals surface area contributed by atoms with Gasteiger partial charge in [0.1, 0.15) is 11.9 Å². The minimum Gasteiger partial charge on any atom is -0.381 e. The largest absolute Gasteiger partial charge is 0.408 e. The van der Waals surface area contributed by atoms with E-state index in [0.717, 1.165) is 16.5 Å². The molecular formula is C13H16N5S+. The molecule has 0 aliphatic heterocycles. The van der Waals surface area contributed by atoms with Gasteiger partial charge in [-0.2, -0.15) is 5.26 Å². The quantitative estimate of drug-likeness (QED) is 0.628. The molecule has 19 heavy (non-hydrogen) atoms. The van der Waals surface area contributed by atoms with Crippen molar-refractivity contribution in [2.45, 2.75) is 6.42 Å². The van der Waals surface area contributed by atoms with E-state index >= 15 is 0 Å². The Labute approximate surface area is 116 Å². The number of rotatable bonds is 3. The Morgan fingerprint density at radius 2 is 2.21 bits per heavy atom.